The van der Waals surface area contributed by atoms with Crippen LogP contribution in [0.1, 0.15) is 0 Å². The van der Waals surface area contributed by atoms with Crippen molar-refractivity contribution in [1.82, 2.24) is 0 Å². The van der Waals surface area contributed by atoms with Gasteiger partial charge in [-0.2, -0.15) is 0 Å². The minimum Gasteiger partial charge on any atom is -0.456 e. The smallest absolute Gasteiger partial charge is 0.136 e. The minimum absolute atomic E-state index is 0.902. The highest BCUT2D eigenvalue weighted by molar-refractivity contribution is 6.23. The van der Waals surface area contributed by atoms with Crippen LogP contribution in [0.25, 0.3) is 87.3 Å². The number of furan rings is 1. The van der Waals surface area contributed by atoms with E-state index in [-0.39, 0.29) is 0 Å². The van der Waals surface area contributed by atoms with Gasteiger partial charge in [0.25, 0.3) is 0 Å². The largest absolute Gasteiger partial charge is 0.456 e. The summed E-state index contributed by atoms with van der Waals surface area (Å²) in [5, 5.41) is 12.3. The highest BCUT2D eigenvalue weighted by Crippen LogP contribution is 2.43. The fourth-order valence-electron chi connectivity index (χ4n) is 8.46. The molecule has 0 spiro atoms. The first-order chi connectivity index (χ1) is 26.8. The number of rotatable bonds is 5. The summed E-state index contributed by atoms with van der Waals surface area (Å²) in [7, 11) is 0. The molecule has 0 N–H and O–H groups in total. The average Bonchev–Trinajstić information content (AvgIpc) is 3.63. The number of benzene rings is 10. The van der Waals surface area contributed by atoms with Crippen LogP contribution >= 0.6 is 0 Å². The summed E-state index contributed by atoms with van der Waals surface area (Å²) >= 11 is 0. The molecule has 0 radical (unpaired) electrons. The van der Waals surface area contributed by atoms with Crippen LogP contribution in [0.2, 0.25) is 0 Å². The molecule has 0 saturated carbocycles. The minimum atomic E-state index is 0.902. The zero-order valence-electron chi connectivity index (χ0n) is 29.4. The highest BCUT2D eigenvalue weighted by Gasteiger charge is 2.18. The topological polar surface area (TPSA) is 16.4 Å². The maximum absolute atomic E-state index is 6.31. The summed E-state index contributed by atoms with van der Waals surface area (Å²) in [5.41, 5.74) is 9.89. The predicted molar refractivity (Wildman–Crippen MR) is 229 cm³/mol. The molecule has 0 aliphatic carbocycles. The molecule has 1 heterocycles. The van der Waals surface area contributed by atoms with Crippen molar-refractivity contribution in [2.45, 2.75) is 0 Å². The van der Waals surface area contributed by atoms with Gasteiger partial charge in [-0.3, -0.25) is 0 Å². The van der Waals surface area contributed by atoms with Crippen LogP contribution in [0.4, 0.5) is 17.1 Å². The van der Waals surface area contributed by atoms with Gasteiger partial charge >= 0.3 is 0 Å². The van der Waals surface area contributed by atoms with Crippen molar-refractivity contribution in [2.75, 3.05) is 4.90 Å². The average molecular weight is 688 g/mol. The molecule has 54 heavy (non-hydrogen) atoms. The molecule has 0 amide bonds. The van der Waals surface area contributed by atoms with Gasteiger partial charge in [0.15, 0.2) is 0 Å². The standard InChI is InChI=1S/C52H33NO/c1-2-10-34(11-3-1)35-20-26-40(27-21-35)53(42-30-24-38-25-31-50-52(48(38)33-42)46-16-8-9-17-49(46)54-50)41-28-22-37(23-29-41)47-32-39-19-18-36-12-4-5-13-43(36)51(39)45-15-7-6-14-44(45)47/h1-33H. The van der Waals surface area contributed by atoms with Crippen LogP contribution in [0.5, 0.6) is 0 Å². The molecule has 0 bridgehead atoms. The first-order valence-electron chi connectivity index (χ1n) is 18.5. The Morgan fingerprint density at radius 2 is 0.852 bits per heavy atom. The third-order valence-corrected chi connectivity index (χ3v) is 11.0. The Morgan fingerprint density at radius 3 is 1.65 bits per heavy atom. The molecule has 2 heteroatoms. The number of nitrogens with zero attached hydrogens (tertiary/aromatic N) is 1. The predicted octanol–water partition coefficient (Wildman–Crippen LogP) is 15.0. The van der Waals surface area contributed by atoms with Crippen molar-refractivity contribution in [3.8, 4) is 22.3 Å². The quantitative estimate of drug-likeness (QED) is 0.168. The molecule has 0 unspecified atom stereocenters. The van der Waals surface area contributed by atoms with E-state index in [1.165, 1.54) is 65.3 Å². The lowest BCUT2D eigenvalue weighted by Crippen LogP contribution is -2.09. The Labute approximate surface area is 312 Å². The second-order valence-corrected chi connectivity index (χ2v) is 14.1. The van der Waals surface area contributed by atoms with E-state index in [0.29, 0.717) is 0 Å². The lowest BCUT2D eigenvalue weighted by Gasteiger charge is -2.26. The van der Waals surface area contributed by atoms with E-state index in [1.54, 1.807) is 0 Å². The fraction of sp³-hybridized carbons (Fsp3) is 0. The zero-order chi connectivity index (χ0) is 35.6. The van der Waals surface area contributed by atoms with Gasteiger partial charge in [-0.05, 0) is 120 Å². The Balaban J connectivity index is 1.08. The maximum atomic E-state index is 6.31. The lowest BCUT2D eigenvalue weighted by atomic mass is 9.90. The Morgan fingerprint density at radius 1 is 0.296 bits per heavy atom. The summed E-state index contributed by atoms with van der Waals surface area (Å²) in [5.74, 6) is 0. The first-order valence-corrected chi connectivity index (χ1v) is 18.5. The van der Waals surface area contributed by atoms with Crippen LogP contribution in [-0.2, 0) is 0 Å². The normalized spacial score (nSPS) is 11.7. The van der Waals surface area contributed by atoms with E-state index in [4.69, 9.17) is 4.42 Å². The van der Waals surface area contributed by atoms with Gasteiger partial charge in [-0.1, -0.05) is 146 Å². The SMILES string of the molecule is c1ccc(-c2ccc(N(c3ccc(-c4cc5ccc6ccccc6c5c5ccccc45)cc3)c3ccc4ccc5oc6ccccc6c5c4c3)cc2)cc1. The van der Waals surface area contributed by atoms with Crippen LogP contribution in [0.15, 0.2) is 205 Å². The number of hydrogen-bond donors (Lipinski definition) is 0. The van der Waals surface area contributed by atoms with Gasteiger partial charge in [-0.25, -0.2) is 0 Å². The van der Waals surface area contributed by atoms with Crippen molar-refractivity contribution in [1.29, 1.82) is 0 Å². The summed E-state index contributed by atoms with van der Waals surface area (Å²) in [4.78, 5) is 2.36. The molecule has 11 aromatic rings. The first kappa shape index (κ1) is 30.5. The van der Waals surface area contributed by atoms with E-state index in [2.05, 4.69) is 193 Å². The van der Waals surface area contributed by atoms with Gasteiger partial charge in [0.2, 0.25) is 0 Å². The van der Waals surface area contributed by atoms with Crippen molar-refractivity contribution in [3.63, 3.8) is 0 Å². The van der Waals surface area contributed by atoms with Crippen LogP contribution in [-0.4, -0.2) is 0 Å². The van der Waals surface area contributed by atoms with Crippen molar-refractivity contribution < 1.29 is 4.42 Å². The molecule has 1 aromatic heterocycles. The van der Waals surface area contributed by atoms with Gasteiger partial charge in [0.05, 0.1) is 0 Å². The van der Waals surface area contributed by atoms with Crippen LogP contribution in [0.3, 0.4) is 0 Å². The zero-order valence-corrected chi connectivity index (χ0v) is 29.4. The van der Waals surface area contributed by atoms with Crippen LogP contribution in [0, 0.1) is 0 Å². The molecular formula is C52H33NO. The lowest BCUT2D eigenvalue weighted by molar-refractivity contribution is 0.669. The number of para-hydroxylation sites is 1. The van der Waals surface area contributed by atoms with Gasteiger partial charge in [-0.15, -0.1) is 0 Å². The van der Waals surface area contributed by atoms with E-state index < -0.39 is 0 Å². The maximum Gasteiger partial charge on any atom is 0.136 e. The molecule has 252 valence electrons. The molecule has 0 fully saturated rings. The summed E-state index contributed by atoms with van der Waals surface area (Å²) < 4.78 is 6.31. The Bertz CT molecular complexity index is 3190. The summed E-state index contributed by atoms with van der Waals surface area (Å²) in [6.45, 7) is 0. The second kappa shape index (κ2) is 12.2. The third-order valence-electron chi connectivity index (χ3n) is 11.0. The van der Waals surface area contributed by atoms with Gasteiger partial charge in [0.1, 0.15) is 11.2 Å². The molecule has 0 aliphatic rings. The highest BCUT2D eigenvalue weighted by atomic mass is 16.3. The fourth-order valence-corrected chi connectivity index (χ4v) is 8.46. The van der Waals surface area contributed by atoms with Gasteiger partial charge in [0, 0.05) is 27.8 Å². The molecular weight excluding hydrogens is 655 g/mol. The number of hydrogen-bond acceptors (Lipinski definition) is 2. The van der Waals surface area contributed by atoms with Crippen molar-refractivity contribution >= 4 is 82.1 Å². The molecule has 0 saturated heterocycles. The van der Waals surface area contributed by atoms with E-state index in [0.717, 1.165) is 39.0 Å². The van der Waals surface area contributed by atoms with Gasteiger partial charge < -0.3 is 9.32 Å². The summed E-state index contributed by atoms with van der Waals surface area (Å²) in [6.07, 6.45) is 0. The van der Waals surface area contributed by atoms with E-state index >= 15 is 0 Å². The molecule has 11 rings (SSSR count). The summed E-state index contributed by atoms with van der Waals surface area (Å²) in [6, 6.07) is 72.3. The van der Waals surface area contributed by atoms with Crippen molar-refractivity contribution in [3.05, 3.63) is 200 Å². The molecule has 0 atom stereocenters. The molecule has 10 aromatic carbocycles. The monoisotopic (exact) mass is 687 g/mol. The third kappa shape index (κ3) is 4.88. The van der Waals surface area contributed by atoms with Crippen LogP contribution < -0.4 is 4.90 Å². The van der Waals surface area contributed by atoms with Crippen molar-refractivity contribution in [2.24, 2.45) is 0 Å². The number of anilines is 3. The van der Waals surface area contributed by atoms with E-state index in [9.17, 15) is 0 Å². The molecule has 2 nitrogen and oxygen atoms in total. The second-order valence-electron chi connectivity index (χ2n) is 14.1. The Hall–Kier alpha value is -7.16. The molecule has 0 aliphatic heterocycles. The number of fused-ring (bicyclic) bond motifs is 10. The van der Waals surface area contributed by atoms with E-state index in [1.807, 2.05) is 12.1 Å². The Kier molecular flexibility index (Phi) is 6.90.